The third-order valence-corrected chi connectivity index (χ3v) is 7.41. The fraction of sp³-hybridized carbons (Fsp3) is 0.409. The van der Waals surface area contributed by atoms with Crippen molar-refractivity contribution in [1.82, 2.24) is 14.9 Å². The Balaban J connectivity index is 1.42. The van der Waals surface area contributed by atoms with Gasteiger partial charge in [-0.2, -0.15) is 0 Å². The number of hydrogen-bond acceptors (Lipinski definition) is 6. The number of likely N-dealkylation sites (tertiary alicyclic amines) is 1. The molecule has 2 aromatic heterocycles. The standard InChI is InChI=1S/C22H25N3O2S2/c26-12-9-17-8-4-5-11-25(17)20(27)10-13-28-21-18-14-19(16-6-2-1-3-7-16)29-22(18)24-15-23-21/h1-3,6-7,14-15,17,26H,4-5,8-13H2. The van der Waals surface area contributed by atoms with Crippen LogP contribution in [0.25, 0.3) is 20.7 Å². The molecule has 0 spiro atoms. The van der Waals surface area contributed by atoms with Crippen molar-refractivity contribution in [2.24, 2.45) is 0 Å². The molecule has 3 aromatic rings. The topological polar surface area (TPSA) is 66.3 Å². The van der Waals surface area contributed by atoms with E-state index in [0.717, 1.165) is 41.0 Å². The summed E-state index contributed by atoms with van der Waals surface area (Å²) in [4.78, 5) is 25.8. The molecular formula is C22H25N3O2S2. The molecule has 1 amide bonds. The monoisotopic (exact) mass is 427 g/mol. The van der Waals surface area contributed by atoms with Crippen LogP contribution in [0.4, 0.5) is 0 Å². The lowest BCUT2D eigenvalue weighted by Crippen LogP contribution is -2.44. The van der Waals surface area contributed by atoms with E-state index < -0.39 is 0 Å². The summed E-state index contributed by atoms with van der Waals surface area (Å²) in [6.07, 6.45) is 5.99. The highest BCUT2D eigenvalue weighted by Crippen LogP contribution is 2.36. The molecule has 0 aliphatic carbocycles. The number of carbonyl (C=O) groups excluding carboxylic acids is 1. The van der Waals surface area contributed by atoms with Crippen LogP contribution < -0.4 is 0 Å². The molecule has 1 aliphatic rings. The van der Waals surface area contributed by atoms with Crippen LogP contribution in [0.5, 0.6) is 0 Å². The molecule has 1 saturated heterocycles. The number of aliphatic hydroxyl groups is 1. The number of hydrogen-bond donors (Lipinski definition) is 1. The fourth-order valence-corrected chi connectivity index (χ4v) is 5.82. The second kappa shape index (κ2) is 9.69. The molecule has 29 heavy (non-hydrogen) atoms. The minimum atomic E-state index is 0.143. The highest BCUT2D eigenvalue weighted by atomic mass is 32.2. The molecule has 1 N–H and O–H groups in total. The number of thiophene rings is 1. The van der Waals surface area contributed by atoms with Crippen LogP contribution in [-0.4, -0.2) is 50.8 Å². The van der Waals surface area contributed by atoms with Crippen molar-refractivity contribution < 1.29 is 9.90 Å². The van der Waals surface area contributed by atoms with Crippen molar-refractivity contribution in [3.8, 4) is 10.4 Å². The normalized spacial score (nSPS) is 17.0. The van der Waals surface area contributed by atoms with Gasteiger partial charge in [0.05, 0.1) is 0 Å². The van der Waals surface area contributed by atoms with E-state index in [1.165, 1.54) is 10.4 Å². The average molecular weight is 428 g/mol. The number of carbonyl (C=O) groups is 1. The highest BCUT2D eigenvalue weighted by Gasteiger charge is 2.25. The third-order valence-electron chi connectivity index (χ3n) is 5.32. The Morgan fingerprint density at radius 3 is 2.93 bits per heavy atom. The lowest BCUT2D eigenvalue weighted by atomic mass is 9.99. The van der Waals surface area contributed by atoms with Crippen molar-refractivity contribution in [2.75, 3.05) is 18.9 Å². The fourth-order valence-electron chi connectivity index (χ4n) is 3.85. The Morgan fingerprint density at radius 1 is 1.24 bits per heavy atom. The summed E-state index contributed by atoms with van der Waals surface area (Å²) in [5, 5.41) is 11.3. The first kappa shape index (κ1) is 20.3. The Morgan fingerprint density at radius 2 is 2.10 bits per heavy atom. The van der Waals surface area contributed by atoms with Gasteiger partial charge in [-0.25, -0.2) is 9.97 Å². The number of aliphatic hydroxyl groups excluding tert-OH is 1. The van der Waals surface area contributed by atoms with E-state index in [9.17, 15) is 9.90 Å². The predicted molar refractivity (Wildman–Crippen MR) is 119 cm³/mol. The summed E-state index contributed by atoms with van der Waals surface area (Å²) < 4.78 is 0. The minimum absolute atomic E-state index is 0.143. The Labute approximate surface area is 179 Å². The van der Waals surface area contributed by atoms with E-state index in [-0.39, 0.29) is 18.6 Å². The molecule has 7 heteroatoms. The first-order valence-corrected chi connectivity index (χ1v) is 11.9. The molecule has 5 nitrogen and oxygen atoms in total. The summed E-state index contributed by atoms with van der Waals surface area (Å²) >= 11 is 3.29. The molecule has 1 aromatic carbocycles. The molecule has 3 heterocycles. The van der Waals surface area contributed by atoms with Gasteiger partial charge >= 0.3 is 0 Å². The Hall–Kier alpha value is -1.96. The quantitative estimate of drug-likeness (QED) is 0.441. The maximum absolute atomic E-state index is 12.7. The van der Waals surface area contributed by atoms with Gasteiger partial charge in [0.15, 0.2) is 0 Å². The summed E-state index contributed by atoms with van der Waals surface area (Å²) in [5.74, 6) is 0.889. The van der Waals surface area contributed by atoms with E-state index in [4.69, 9.17) is 0 Å². The molecule has 1 atom stereocenters. The summed E-state index contributed by atoms with van der Waals surface area (Å²) in [5.41, 5.74) is 1.18. The maximum Gasteiger partial charge on any atom is 0.223 e. The second-order valence-electron chi connectivity index (χ2n) is 7.22. The lowest BCUT2D eigenvalue weighted by molar-refractivity contribution is -0.134. The molecule has 1 unspecified atom stereocenters. The predicted octanol–water partition coefficient (Wildman–Crippen LogP) is 4.60. The molecular weight excluding hydrogens is 402 g/mol. The van der Waals surface area contributed by atoms with Gasteiger partial charge in [0.1, 0.15) is 16.2 Å². The van der Waals surface area contributed by atoms with E-state index >= 15 is 0 Å². The van der Waals surface area contributed by atoms with Crippen LogP contribution in [-0.2, 0) is 4.79 Å². The van der Waals surface area contributed by atoms with E-state index in [1.807, 2.05) is 23.1 Å². The van der Waals surface area contributed by atoms with Gasteiger partial charge in [0.2, 0.25) is 5.91 Å². The number of rotatable bonds is 7. The summed E-state index contributed by atoms with van der Waals surface area (Å²) in [7, 11) is 0. The number of fused-ring (bicyclic) bond motifs is 1. The van der Waals surface area contributed by atoms with Gasteiger partial charge in [-0.05, 0) is 37.3 Å². The van der Waals surface area contributed by atoms with Crippen LogP contribution in [0.2, 0.25) is 0 Å². The van der Waals surface area contributed by atoms with Crippen molar-refractivity contribution in [2.45, 2.75) is 43.2 Å². The van der Waals surface area contributed by atoms with Crippen LogP contribution in [0.3, 0.4) is 0 Å². The zero-order valence-corrected chi connectivity index (χ0v) is 17.9. The van der Waals surface area contributed by atoms with E-state index in [1.54, 1.807) is 29.4 Å². The van der Waals surface area contributed by atoms with Gasteiger partial charge in [0.25, 0.3) is 0 Å². The highest BCUT2D eigenvalue weighted by molar-refractivity contribution is 7.99. The molecule has 4 rings (SSSR count). The zero-order chi connectivity index (χ0) is 20.1. The lowest BCUT2D eigenvalue weighted by Gasteiger charge is -2.35. The summed E-state index contributed by atoms with van der Waals surface area (Å²) in [6.45, 7) is 0.959. The average Bonchev–Trinajstić information content (AvgIpc) is 3.20. The van der Waals surface area contributed by atoms with Gasteiger partial charge in [0, 0.05) is 41.6 Å². The van der Waals surface area contributed by atoms with Crippen molar-refractivity contribution in [3.05, 3.63) is 42.7 Å². The molecule has 152 valence electrons. The maximum atomic E-state index is 12.7. The first-order valence-electron chi connectivity index (χ1n) is 10.1. The number of aromatic nitrogens is 2. The number of amides is 1. The molecule has 1 aliphatic heterocycles. The summed E-state index contributed by atoms with van der Waals surface area (Å²) in [6, 6.07) is 12.6. The van der Waals surface area contributed by atoms with E-state index in [0.29, 0.717) is 18.6 Å². The van der Waals surface area contributed by atoms with Crippen molar-refractivity contribution in [1.29, 1.82) is 0 Å². The van der Waals surface area contributed by atoms with Crippen LogP contribution >= 0.6 is 23.1 Å². The van der Waals surface area contributed by atoms with Gasteiger partial charge in [-0.15, -0.1) is 23.1 Å². The van der Waals surface area contributed by atoms with Crippen molar-refractivity contribution in [3.63, 3.8) is 0 Å². The van der Waals surface area contributed by atoms with Crippen LogP contribution in [0, 0.1) is 0 Å². The third kappa shape index (κ3) is 4.79. The number of benzene rings is 1. The molecule has 0 saturated carbocycles. The molecule has 0 bridgehead atoms. The second-order valence-corrected chi connectivity index (χ2v) is 9.34. The smallest absolute Gasteiger partial charge is 0.223 e. The number of thioether (sulfide) groups is 1. The minimum Gasteiger partial charge on any atom is -0.396 e. The number of piperidine rings is 1. The SMILES string of the molecule is O=C(CCSc1ncnc2sc(-c3ccccc3)cc12)N1CCCCC1CCO. The van der Waals surface area contributed by atoms with Crippen LogP contribution in [0.15, 0.2) is 47.8 Å². The Bertz CT molecular complexity index is 959. The first-order chi connectivity index (χ1) is 14.3. The van der Waals surface area contributed by atoms with Gasteiger partial charge in [-0.1, -0.05) is 30.3 Å². The van der Waals surface area contributed by atoms with E-state index in [2.05, 4.69) is 28.2 Å². The van der Waals surface area contributed by atoms with Crippen LogP contribution in [0.1, 0.15) is 32.1 Å². The van der Waals surface area contributed by atoms with Crippen molar-refractivity contribution >= 4 is 39.2 Å². The Kier molecular flexibility index (Phi) is 6.79. The molecule has 1 fully saturated rings. The van der Waals surface area contributed by atoms with Gasteiger partial charge < -0.3 is 10.0 Å². The largest absolute Gasteiger partial charge is 0.396 e. The number of nitrogens with zero attached hydrogens (tertiary/aromatic N) is 3. The zero-order valence-electron chi connectivity index (χ0n) is 16.3. The van der Waals surface area contributed by atoms with Gasteiger partial charge in [-0.3, -0.25) is 4.79 Å². The molecule has 0 radical (unpaired) electrons.